The molecule has 0 aliphatic heterocycles. The molecule has 0 saturated carbocycles. The molecule has 28 heavy (non-hydrogen) atoms. The number of aromatic nitrogens is 1. The molecule has 146 valence electrons. The monoisotopic (exact) mass is 378 g/mol. The fourth-order valence-electron chi connectivity index (χ4n) is 3.51. The Morgan fingerprint density at radius 3 is 2.50 bits per heavy atom. The van der Waals surface area contributed by atoms with Crippen molar-refractivity contribution in [1.82, 2.24) is 9.88 Å². The molecule has 0 saturated heterocycles. The quantitative estimate of drug-likeness (QED) is 0.653. The van der Waals surface area contributed by atoms with Crippen LogP contribution in [-0.2, 0) is 16.1 Å². The van der Waals surface area contributed by atoms with Crippen LogP contribution in [-0.4, -0.2) is 35.4 Å². The van der Waals surface area contributed by atoms with Crippen LogP contribution in [0.1, 0.15) is 34.1 Å². The molecule has 5 nitrogen and oxygen atoms in total. The summed E-state index contributed by atoms with van der Waals surface area (Å²) in [5, 5.41) is 1.04. The first-order valence-electron chi connectivity index (χ1n) is 9.40. The second-order valence-electron chi connectivity index (χ2n) is 7.32. The molecule has 0 bridgehead atoms. The first-order valence-corrected chi connectivity index (χ1v) is 9.40. The van der Waals surface area contributed by atoms with Gasteiger partial charge in [0, 0.05) is 24.0 Å². The number of methoxy groups -OCH3 is 1. The normalized spacial score (nSPS) is 12.0. The van der Waals surface area contributed by atoms with Gasteiger partial charge in [0.1, 0.15) is 5.69 Å². The van der Waals surface area contributed by atoms with Gasteiger partial charge in [0.05, 0.1) is 13.0 Å². The zero-order valence-electron chi connectivity index (χ0n) is 16.8. The zero-order valence-corrected chi connectivity index (χ0v) is 16.8. The summed E-state index contributed by atoms with van der Waals surface area (Å²) >= 11 is 0. The maximum Gasteiger partial charge on any atom is 0.310 e. The lowest BCUT2D eigenvalue weighted by Gasteiger charge is -2.25. The van der Waals surface area contributed by atoms with Crippen molar-refractivity contribution in [2.45, 2.75) is 27.3 Å². The Balaban J connectivity index is 1.93. The van der Waals surface area contributed by atoms with Crippen molar-refractivity contribution < 1.29 is 14.3 Å². The summed E-state index contributed by atoms with van der Waals surface area (Å²) in [4.78, 5) is 30.2. The van der Waals surface area contributed by atoms with Crippen LogP contribution in [0, 0.1) is 19.8 Å². The van der Waals surface area contributed by atoms with Crippen LogP contribution in [0.4, 0.5) is 0 Å². The molecule has 3 aromatic rings. The van der Waals surface area contributed by atoms with Gasteiger partial charge in [-0.2, -0.15) is 0 Å². The van der Waals surface area contributed by atoms with E-state index in [9.17, 15) is 9.59 Å². The molecule has 5 heteroatoms. The van der Waals surface area contributed by atoms with E-state index < -0.39 is 5.92 Å². The van der Waals surface area contributed by atoms with E-state index in [0.717, 1.165) is 27.6 Å². The number of hydrogen-bond donors (Lipinski definition) is 1. The molecule has 1 amide bonds. The van der Waals surface area contributed by atoms with Crippen molar-refractivity contribution in [3.8, 4) is 0 Å². The van der Waals surface area contributed by atoms with Crippen LogP contribution < -0.4 is 0 Å². The minimum absolute atomic E-state index is 0.132. The summed E-state index contributed by atoms with van der Waals surface area (Å²) in [7, 11) is 1.37. The predicted molar refractivity (Wildman–Crippen MR) is 110 cm³/mol. The number of nitrogens with one attached hydrogen (secondary N) is 1. The molecule has 1 aromatic heterocycles. The fraction of sp³-hybridized carbons (Fsp3) is 0.304. The van der Waals surface area contributed by atoms with Crippen LogP contribution in [0.3, 0.4) is 0 Å². The number of rotatable bonds is 6. The molecule has 1 unspecified atom stereocenters. The van der Waals surface area contributed by atoms with Crippen LogP contribution >= 0.6 is 0 Å². The smallest absolute Gasteiger partial charge is 0.310 e. The van der Waals surface area contributed by atoms with Gasteiger partial charge in [-0.15, -0.1) is 0 Å². The van der Waals surface area contributed by atoms with Crippen LogP contribution in [0.2, 0.25) is 0 Å². The molecule has 3 rings (SSSR count). The molecular formula is C23H26N2O3. The number of aryl methyl sites for hydroxylation is 2. The number of benzene rings is 2. The average Bonchev–Trinajstić information content (AvgIpc) is 3.11. The van der Waals surface area contributed by atoms with E-state index in [2.05, 4.69) is 11.1 Å². The zero-order chi connectivity index (χ0) is 20.3. The highest BCUT2D eigenvalue weighted by molar-refractivity contribution is 5.99. The lowest BCUT2D eigenvalue weighted by atomic mass is 10.1. The molecule has 2 aromatic carbocycles. The van der Waals surface area contributed by atoms with Gasteiger partial charge in [0.25, 0.3) is 5.91 Å². The van der Waals surface area contributed by atoms with Gasteiger partial charge in [0.2, 0.25) is 0 Å². The van der Waals surface area contributed by atoms with Gasteiger partial charge >= 0.3 is 5.97 Å². The molecule has 0 fully saturated rings. The number of aromatic amines is 1. The Hall–Kier alpha value is -3.08. The molecule has 1 atom stereocenters. The Kier molecular flexibility index (Phi) is 5.83. The van der Waals surface area contributed by atoms with E-state index in [4.69, 9.17) is 4.74 Å². The van der Waals surface area contributed by atoms with Crippen LogP contribution in [0.5, 0.6) is 0 Å². The van der Waals surface area contributed by atoms with E-state index in [-0.39, 0.29) is 18.4 Å². The van der Waals surface area contributed by atoms with E-state index in [1.54, 1.807) is 11.8 Å². The highest BCUT2D eigenvalue weighted by Crippen LogP contribution is 2.23. The maximum absolute atomic E-state index is 13.3. The van der Waals surface area contributed by atoms with Gasteiger partial charge in [-0.25, -0.2) is 0 Å². The number of nitrogens with zero attached hydrogens (tertiary/aromatic N) is 1. The number of hydrogen-bond acceptors (Lipinski definition) is 3. The van der Waals surface area contributed by atoms with Crippen LogP contribution in [0.15, 0.2) is 48.5 Å². The lowest BCUT2D eigenvalue weighted by molar-refractivity contribution is -0.145. The van der Waals surface area contributed by atoms with Gasteiger partial charge in [-0.1, -0.05) is 43.3 Å². The second kappa shape index (κ2) is 8.30. The van der Waals surface area contributed by atoms with E-state index >= 15 is 0 Å². The van der Waals surface area contributed by atoms with Gasteiger partial charge in [-0.05, 0) is 42.7 Å². The van der Waals surface area contributed by atoms with E-state index in [0.29, 0.717) is 12.2 Å². The summed E-state index contributed by atoms with van der Waals surface area (Å²) in [5.74, 6) is -0.868. The topological polar surface area (TPSA) is 62.4 Å². The number of ether oxygens (including phenoxy) is 1. The third kappa shape index (κ3) is 4.25. The van der Waals surface area contributed by atoms with Crippen LogP contribution in [0.25, 0.3) is 10.9 Å². The van der Waals surface area contributed by atoms with E-state index in [1.165, 1.54) is 7.11 Å². The standard InChI is InChI=1S/C23H26N2O3/c1-15-10-16(2)19-12-21(24-20(19)11-15)22(26)25(13-17(3)23(27)28-4)14-18-8-6-5-7-9-18/h5-12,17,24H,13-14H2,1-4H3. The Morgan fingerprint density at radius 1 is 1.11 bits per heavy atom. The fourth-order valence-corrected chi connectivity index (χ4v) is 3.51. The van der Waals surface area contributed by atoms with E-state index in [1.807, 2.05) is 56.3 Å². The molecule has 1 heterocycles. The van der Waals surface area contributed by atoms with Gasteiger partial charge < -0.3 is 14.6 Å². The van der Waals surface area contributed by atoms with Crippen molar-refractivity contribution >= 4 is 22.8 Å². The Bertz CT molecular complexity index is 992. The summed E-state index contributed by atoms with van der Waals surface area (Å²) in [6.45, 7) is 6.56. The summed E-state index contributed by atoms with van der Waals surface area (Å²) in [6, 6.07) is 15.8. The minimum atomic E-state index is -0.411. The number of fused-ring (bicyclic) bond motifs is 1. The highest BCUT2D eigenvalue weighted by Gasteiger charge is 2.24. The second-order valence-corrected chi connectivity index (χ2v) is 7.32. The summed E-state index contributed by atoms with van der Waals surface area (Å²) in [5.41, 5.74) is 4.75. The minimum Gasteiger partial charge on any atom is -0.469 e. The molecule has 0 aliphatic carbocycles. The highest BCUT2D eigenvalue weighted by atomic mass is 16.5. The Labute approximate surface area is 165 Å². The lowest BCUT2D eigenvalue weighted by Crippen LogP contribution is -2.37. The number of carbonyl (C=O) groups is 2. The van der Waals surface area contributed by atoms with Crippen molar-refractivity contribution in [3.63, 3.8) is 0 Å². The SMILES string of the molecule is COC(=O)C(C)CN(Cc1ccccc1)C(=O)c1cc2c(C)cc(C)cc2[nH]1. The number of amides is 1. The third-order valence-corrected chi connectivity index (χ3v) is 4.92. The maximum atomic E-state index is 13.3. The van der Waals surface area contributed by atoms with Crippen molar-refractivity contribution in [2.75, 3.05) is 13.7 Å². The summed E-state index contributed by atoms with van der Waals surface area (Å²) < 4.78 is 4.84. The van der Waals surface area contributed by atoms with Gasteiger partial charge in [0.15, 0.2) is 0 Å². The van der Waals surface area contributed by atoms with Crippen molar-refractivity contribution in [3.05, 3.63) is 70.9 Å². The molecule has 1 N–H and O–H groups in total. The predicted octanol–water partition coefficient (Wildman–Crippen LogP) is 4.24. The number of H-pyrrole nitrogens is 1. The molecule has 0 spiro atoms. The summed E-state index contributed by atoms with van der Waals surface area (Å²) in [6.07, 6.45) is 0. The third-order valence-electron chi connectivity index (χ3n) is 4.92. The first-order chi connectivity index (χ1) is 13.4. The first kappa shape index (κ1) is 19.7. The molecule has 0 radical (unpaired) electrons. The van der Waals surface area contributed by atoms with Crippen molar-refractivity contribution in [2.24, 2.45) is 5.92 Å². The largest absolute Gasteiger partial charge is 0.469 e. The molecule has 0 aliphatic rings. The van der Waals surface area contributed by atoms with Crippen molar-refractivity contribution in [1.29, 1.82) is 0 Å². The molecular weight excluding hydrogens is 352 g/mol. The van der Waals surface area contributed by atoms with Gasteiger partial charge in [-0.3, -0.25) is 9.59 Å². The number of esters is 1. The Morgan fingerprint density at radius 2 is 1.82 bits per heavy atom. The number of carbonyl (C=O) groups excluding carboxylic acids is 2. The average molecular weight is 378 g/mol.